The number of hydrogen-bond acceptors (Lipinski definition) is 2. The second-order valence-corrected chi connectivity index (χ2v) is 6.06. The molecule has 1 amide bonds. The van der Waals surface area contributed by atoms with Gasteiger partial charge in [0.15, 0.2) is 0 Å². The average molecular weight is 364 g/mol. The van der Waals surface area contributed by atoms with Crippen LogP contribution in [0.4, 0.5) is 5.69 Å². The van der Waals surface area contributed by atoms with Crippen LogP contribution in [0.3, 0.4) is 0 Å². The molecule has 0 unspecified atom stereocenters. The summed E-state index contributed by atoms with van der Waals surface area (Å²) in [6, 6.07) is 12.4. The molecule has 5 heteroatoms. The van der Waals surface area contributed by atoms with E-state index in [4.69, 9.17) is 27.9 Å². The van der Waals surface area contributed by atoms with Gasteiger partial charge < -0.3 is 10.1 Å². The number of carbonyl (C=O) groups excluding carboxylic acids is 1. The fourth-order valence-electron chi connectivity index (χ4n) is 1.95. The Balaban J connectivity index is 1.90. The Hall–Kier alpha value is -1.97. The molecule has 0 saturated carbocycles. The Bertz CT molecular complexity index is 712. The van der Waals surface area contributed by atoms with Crippen LogP contribution in [0, 0.1) is 0 Å². The van der Waals surface area contributed by atoms with Gasteiger partial charge in [-0.3, -0.25) is 4.79 Å². The van der Waals surface area contributed by atoms with Crippen LogP contribution in [0.1, 0.15) is 25.3 Å². The summed E-state index contributed by atoms with van der Waals surface area (Å²) in [4.78, 5) is 12.0. The van der Waals surface area contributed by atoms with Crippen molar-refractivity contribution in [3.8, 4) is 5.75 Å². The highest BCUT2D eigenvalue weighted by atomic mass is 35.5. The van der Waals surface area contributed by atoms with Gasteiger partial charge in [-0.2, -0.15) is 0 Å². The monoisotopic (exact) mass is 363 g/mol. The van der Waals surface area contributed by atoms with E-state index in [1.807, 2.05) is 24.3 Å². The highest BCUT2D eigenvalue weighted by Crippen LogP contribution is 2.22. The molecule has 3 nitrogen and oxygen atoms in total. The van der Waals surface area contributed by atoms with Crippen molar-refractivity contribution >= 4 is 40.9 Å². The summed E-state index contributed by atoms with van der Waals surface area (Å²) in [5.74, 6) is 0.561. The number of anilines is 1. The maximum atomic E-state index is 12.0. The molecule has 0 saturated heterocycles. The van der Waals surface area contributed by atoms with Crippen LogP contribution in [0.5, 0.6) is 5.75 Å². The molecule has 1 N–H and O–H groups in total. The minimum absolute atomic E-state index is 0.235. The zero-order chi connectivity index (χ0) is 17.4. The Labute approximate surface area is 152 Å². The number of nitrogens with one attached hydrogen (secondary N) is 1. The molecule has 0 fully saturated rings. The fraction of sp³-hybridized carbons (Fsp3) is 0.211. The van der Waals surface area contributed by atoms with Gasteiger partial charge in [0.05, 0.1) is 6.61 Å². The van der Waals surface area contributed by atoms with Crippen LogP contribution >= 0.6 is 23.2 Å². The summed E-state index contributed by atoms with van der Waals surface area (Å²) in [6.07, 6.45) is 5.20. The molecule has 0 spiro atoms. The molecular formula is C19H19Cl2NO2. The number of benzene rings is 2. The number of hydrogen-bond donors (Lipinski definition) is 1. The first-order valence-electron chi connectivity index (χ1n) is 7.75. The van der Waals surface area contributed by atoms with E-state index in [2.05, 4.69) is 12.2 Å². The quantitative estimate of drug-likeness (QED) is 0.496. The average Bonchev–Trinajstić information content (AvgIpc) is 2.56. The second-order valence-electron chi connectivity index (χ2n) is 5.21. The number of amides is 1. The minimum atomic E-state index is -0.235. The van der Waals surface area contributed by atoms with Crippen molar-refractivity contribution in [2.75, 3.05) is 11.9 Å². The lowest BCUT2D eigenvalue weighted by molar-refractivity contribution is -0.111. The number of halogens is 2. The van der Waals surface area contributed by atoms with E-state index in [1.165, 1.54) is 6.08 Å². The first kappa shape index (κ1) is 18.4. The summed E-state index contributed by atoms with van der Waals surface area (Å²) < 4.78 is 5.58. The van der Waals surface area contributed by atoms with Gasteiger partial charge in [0, 0.05) is 21.8 Å². The maximum Gasteiger partial charge on any atom is 0.248 e. The summed E-state index contributed by atoms with van der Waals surface area (Å²) in [5, 5.41) is 3.85. The lowest BCUT2D eigenvalue weighted by atomic mass is 10.2. The number of unbranched alkanes of at least 4 members (excludes halogenated alkanes) is 1. The molecule has 0 bridgehead atoms. The SMILES string of the molecule is CCCCOc1ccc(NC(=O)C=Cc2ccc(Cl)cc2Cl)cc1. The van der Waals surface area contributed by atoms with E-state index in [0.29, 0.717) is 22.3 Å². The highest BCUT2D eigenvalue weighted by Gasteiger charge is 2.01. The predicted molar refractivity (Wildman–Crippen MR) is 101 cm³/mol. The molecule has 0 aliphatic rings. The van der Waals surface area contributed by atoms with Gasteiger partial charge in [0.25, 0.3) is 0 Å². The summed E-state index contributed by atoms with van der Waals surface area (Å²) in [7, 11) is 0. The van der Waals surface area contributed by atoms with E-state index in [1.54, 1.807) is 24.3 Å². The molecule has 0 aliphatic carbocycles. The van der Waals surface area contributed by atoms with Crippen LogP contribution in [-0.4, -0.2) is 12.5 Å². The first-order chi connectivity index (χ1) is 11.6. The number of rotatable bonds is 7. The molecule has 0 heterocycles. The third-order valence-corrected chi connectivity index (χ3v) is 3.83. The molecular weight excluding hydrogens is 345 g/mol. The molecule has 0 radical (unpaired) electrons. The van der Waals surface area contributed by atoms with Crippen LogP contribution in [-0.2, 0) is 4.79 Å². The molecule has 0 aliphatic heterocycles. The standard InChI is InChI=1S/C19H19Cl2NO2/c1-2-3-12-24-17-9-7-16(8-10-17)22-19(23)11-5-14-4-6-15(20)13-18(14)21/h4-11,13H,2-3,12H2,1H3,(H,22,23). The highest BCUT2D eigenvalue weighted by molar-refractivity contribution is 6.35. The largest absolute Gasteiger partial charge is 0.494 e. The van der Waals surface area contributed by atoms with Crippen molar-refractivity contribution in [3.05, 3.63) is 64.1 Å². The van der Waals surface area contributed by atoms with Crippen LogP contribution < -0.4 is 10.1 Å². The first-order valence-corrected chi connectivity index (χ1v) is 8.51. The molecule has 2 aromatic rings. The van der Waals surface area contributed by atoms with Crippen molar-refractivity contribution in [2.45, 2.75) is 19.8 Å². The van der Waals surface area contributed by atoms with Gasteiger partial charge in [0.2, 0.25) is 5.91 Å². The van der Waals surface area contributed by atoms with Gasteiger partial charge in [-0.1, -0.05) is 42.6 Å². The zero-order valence-corrected chi connectivity index (χ0v) is 14.9. The van der Waals surface area contributed by atoms with Crippen LogP contribution in [0.15, 0.2) is 48.5 Å². The fourth-order valence-corrected chi connectivity index (χ4v) is 2.43. The lowest BCUT2D eigenvalue weighted by Gasteiger charge is -2.07. The van der Waals surface area contributed by atoms with Crippen LogP contribution in [0.25, 0.3) is 6.08 Å². The Morgan fingerprint density at radius 3 is 2.58 bits per heavy atom. The van der Waals surface area contributed by atoms with Crippen molar-refractivity contribution in [2.24, 2.45) is 0 Å². The van der Waals surface area contributed by atoms with Gasteiger partial charge in [-0.05, 0) is 54.5 Å². The van der Waals surface area contributed by atoms with Crippen molar-refractivity contribution < 1.29 is 9.53 Å². The van der Waals surface area contributed by atoms with Crippen molar-refractivity contribution in [3.63, 3.8) is 0 Å². The van der Waals surface area contributed by atoms with E-state index < -0.39 is 0 Å². The van der Waals surface area contributed by atoms with Gasteiger partial charge in [-0.15, -0.1) is 0 Å². The van der Waals surface area contributed by atoms with E-state index in [9.17, 15) is 4.79 Å². The van der Waals surface area contributed by atoms with E-state index in [-0.39, 0.29) is 5.91 Å². The van der Waals surface area contributed by atoms with E-state index >= 15 is 0 Å². The Morgan fingerprint density at radius 1 is 1.17 bits per heavy atom. The molecule has 2 aromatic carbocycles. The van der Waals surface area contributed by atoms with Crippen molar-refractivity contribution in [1.82, 2.24) is 0 Å². The molecule has 0 aromatic heterocycles. The predicted octanol–water partition coefficient (Wildman–Crippen LogP) is 5.82. The van der Waals surface area contributed by atoms with Gasteiger partial charge in [-0.25, -0.2) is 0 Å². The maximum absolute atomic E-state index is 12.0. The van der Waals surface area contributed by atoms with Gasteiger partial charge >= 0.3 is 0 Å². The third-order valence-electron chi connectivity index (χ3n) is 3.27. The minimum Gasteiger partial charge on any atom is -0.494 e. The summed E-state index contributed by atoms with van der Waals surface area (Å²) >= 11 is 11.9. The zero-order valence-electron chi connectivity index (χ0n) is 13.4. The Morgan fingerprint density at radius 2 is 1.92 bits per heavy atom. The van der Waals surface area contributed by atoms with Gasteiger partial charge in [0.1, 0.15) is 5.75 Å². The van der Waals surface area contributed by atoms with E-state index in [0.717, 1.165) is 24.2 Å². The smallest absolute Gasteiger partial charge is 0.248 e. The number of carbonyl (C=O) groups is 1. The topological polar surface area (TPSA) is 38.3 Å². The molecule has 0 atom stereocenters. The lowest BCUT2D eigenvalue weighted by Crippen LogP contribution is -2.07. The van der Waals surface area contributed by atoms with Crippen LogP contribution in [0.2, 0.25) is 10.0 Å². The summed E-state index contributed by atoms with van der Waals surface area (Å²) in [5.41, 5.74) is 1.44. The molecule has 126 valence electrons. The third kappa shape index (κ3) is 5.91. The normalized spacial score (nSPS) is 10.8. The number of ether oxygens (including phenoxy) is 1. The summed E-state index contributed by atoms with van der Waals surface area (Å²) in [6.45, 7) is 2.82. The second kappa shape index (κ2) is 9.36. The molecule has 24 heavy (non-hydrogen) atoms. The Kier molecular flexibility index (Phi) is 7.16. The molecule has 2 rings (SSSR count). The van der Waals surface area contributed by atoms with Crippen molar-refractivity contribution in [1.29, 1.82) is 0 Å².